The summed E-state index contributed by atoms with van der Waals surface area (Å²) in [6.07, 6.45) is 1.32. The second kappa shape index (κ2) is 8.07. The summed E-state index contributed by atoms with van der Waals surface area (Å²) in [6, 6.07) is 15.6. The standard InChI is InChI=1S/C21H12N4O7/c26-20-16-3-1-2-4-17(16)21(27)23(20)22-12-13-5-8-15(9-6-13)32-19-10-7-14(24(28)29)11-18(19)25(30)31/h1-12H. The number of carbonyl (C=O) groups excluding carboxylic acids is 2. The number of amides is 2. The summed E-state index contributed by atoms with van der Waals surface area (Å²) in [4.78, 5) is 45.2. The van der Waals surface area contributed by atoms with Gasteiger partial charge in [-0.1, -0.05) is 12.1 Å². The molecule has 3 aromatic rings. The third kappa shape index (κ3) is 3.77. The van der Waals surface area contributed by atoms with Crippen molar-refractivity contribution in [2.45, 2.75) is 0 Å². The van der Waals surface area contributed by atoms with Crippen molar-refractivity contribution in [1.82, 2.24) is 5.01 Å². The summed E-state index contributed by atoms with van der Waals surface area (Å²) in [6.45, 7) is 0. The largest absolute Gasteiger partial charge is 0.450 e. The van der Waals surface area contributed by atoms with Crippen LogP contribution in [0.3, 0.4) is 0 Å². The summed E-state index contributed by atoms with van der Waals surface area (Å²) in [5.41, 5.74) is 0.123. The Morgan fingerprint density at radius 1 is 0.844 bits per heavy atom. The van der Waals surface area contributed by atoms with E-state index in [-0.39, 0.29) is 22.6 Å². The van der Waals surface area contributed by atoms with Crippen molar-refractivity contribution in [3.8, 4) is 11.5 Å². The molecule has 0 fully saturated rings. The molecule has 2 amide bonds. The summed E-state index contributed by atoms with van der Waals surface area (Å²) in [5.74, 6) is -0.965. The van der Waals surface area contributed by atoms with Gasteiger partial charge in [-0.3, -0.25) is 29.8 Å². The van der Waals surface area contributed by atoms with Crippen molar-refractivity contribution >= 4 is 29.4 Å². The Morgan fingerprint density at radius 3 is 2.03 bits per heavy atom. The average molecular weight is 432 g/mol. The van der Waals surface area contributed by atoms with Crippen LogP contribution in [0, 0.1) is 20.2 Å². The molecular formula is C21H12N4O7. The van der Waals surface area contributed by atoms with Crippen LogP contribution in [0.5, 0.6) is 11.5 Å². The number of benzene rings is 3. The number of ether oxygens (including phenoxy) is 1. The van der Waals surface area contributed by atoms with Crippen LogP contribution in [0.25, 0.3) is 0 Å². The quantitative estimate of drug-likeness (QED) is 0.248. The van der Waals surface area contributed by atoms with Gasteiger partial charge in [-0.05, 0) is 48.0 Å². The number of non-ortho nitro benzene ring substituents is 1. The number of nitro benzene ring substituents is 2. The van der Waals surface area contributed by atoms with Gasteiger partial charge in [0.05, 0.1) is 33.3 Å². The number of rotatable bonds is 6. The fourth-order valence-corrected chi connectivity index (χ4v) is 3.00. The van der Waals surface area contributed by atoms with Crippen molar-refractivity contribution in [1.29, 1.82) is 0 Å². The zero-order valence-corrected chi connectivity index (χ0v) is 16.1. The smallest absolute Gasteiger partial charge is 0.318 e. The van der Waals surface area contributed by atoms with Gasteiger partial charge in [0.15, 0.2) is 0 Å². The van der Waals surface area contributed by atoms with Crippen molar-refractivity contribution in [2.75, 3.05) is 0 Å². The van der Waals surface area contributed by atoms with E-state index in [1.165, 1.54) is 18.3 Å². The van der Waals surface area contributed by atoms with Crippen LogP contribution in [0.1, 0.15) is 26.3 Å². The van der Waals surface area contributed by atoms with Gasteiger partial charge < -0.3 is 4.74 Å². The van der Waals surface area contributed by atoms with E-state index in [1.54, 1.807) is 36.4 Å². The van der Waals surface area contributed by atoms with Gasteiger partial charge in [0.25, 0.3) is 17.5 Å². The number of nitrogens with zero attached hydrogens (tertiary/aromatic N) is 4. The molecule has 1 aliphatic rings. The summed E-state index contributed by atoms with van der Waals surface area (Å²) in [7, 11) is 0. The van der Waals surface area contributed by atoms with Gasteiger partial charge in [0.2, 0.25) is 5.75 Å². The number of fused-ring (bicyclic) bond motifs is 1. The highest BCUT2D eigenvalue weighted by atomic mass is 16.6. The topological polar surface area (TPSA) is 145 Å². The fourth-order valence-electron chi connectivity index (χ4n) is 3.00. The van der Waals surface area contributed by atoms with Crippen LogP contribution >= 0.6 is 0 Å². The Hall–Kier alpha value is -4.93. The lowest BCUT2D eigenvalue weighted by Gasteiger charge is -2.07. The molecule has 158 valence electrons. The van der Waals surface area contributed by atoms with Crippen LogP contribution in [-0.2, 0) is 0 Å². The Bertz CT molecular complexity index is 1270. The van der Waals surface area contributed by atoms with Crippen LogP contribution in [0.2, 0.25) is 0 Å². The molecule has 0 aromatic heterocycles. The molecule has 0 aliphatic carbocycles. The second-order valence-electron chi connectivity index (χ2n) is 6.55. The molecule has 0 spiro atoms. The fraction of sp³-hybridized carbons (Fsp3) is 0. The first-order valence-electron chi connectivity index (χ1n) is 9.07. The molecule has 0 bridgehead atoms. The van der Waals surface area contributed by atoms with Gasteiger partial charge in [-0.25, -0.2) is 0 Å². The van der Waals surface area contributed by atoms with E-state index in [0.29, 0.717) is 5.56 Å². The monoisotopic (exact) mass is 432 g/mol. The highest BCUT2D eigenvalue weighted by Gasteiger charge is 2.35. The molecule has 0 unspecified atom stereocenters. The average Bonchev–Trinajstić information content (AvgIpc) is 3.03. The number of carbonyl (C=O) groups is 2. The maximum Gasteiger partial charge on any atom is 0.318 e. The van der Waals surface area contributed by atoms with E-state index in [4.69, 9.17) is 4.74 Å². The zero-order chi connectivity index (χ0) is 22.8. The molecular weight excluding hydrogens is 420 g/mol. The first-order chi connectivity index (χ1) is 15.3. The normalized spacial score (nSPS) is 12.8. The third-order valence-corrected chi connectivity index (χ3v) is 4.55. The zero-order valence-electron chi connectivity index (χ0n) is 16.1. The highest BCUT2D eigenvalue weighted by Crippen LogP contribution is 2.34. The minimum Gasteiger partial charge on any atom is -0.450 e. The van der Waals surface area contributed by atoms with E-state index >= 15 is 0 Å². The van der Waals surface area contributed by atoms with Gasteiger partial charge in [-0.15, -0.1) is 0 Å². The molecule has 11 heteroatoms. The summed E-state index contributed by atoms with van der Waals surface area (Å²) < 4.78 is 5.49. The van der Waals surface area contributed by atoms with Crippen molar-refractivity contribution < 1.29 is 24.2 Å². The molecule has 0 radical (unpaired) electrons. The van der Waals surface area contributed by atoms with Crippen molar-refractivity contribution in [3.63, 3.8) is 0 Å². The molecule has 0 atom stereocenters. The number of hydrogen-bond acceptors (Lipinski definition) is 8. The molecule has 32 heavy (non-hydrogen) atoms. The van der Waals surface area contributed by atoms with Gasteiger partial charge in [-0.2, -0.15) is 10.1 Å². The van der Waals surface area contributed by atoms with E-state index in [0.717, 1.165) is 23.2 Å². The number of imide groups is 1. The van der Waals surface area contributed by atoms with Crippen molar-refractivity contribution in [3.05, 3.63) is 104 Å². The Balaban J connectivity index is 1.50. The second-order valence-corrected chi connectivity index (χ2v) is 6.55. The summed E-state index contributed by atoms with van der Waals surface area (Å²) >= 11 is 0. The lowest BCUT2D eigenvalue weighted by molar-refractivity contribution is -0.394. The Kier molecular flexibility index (Phi) is 5.13. The molecule has 0 N–H and O–H groups in total. The third-order valence-electron chi connectivity index (χ3n) is 4.55. The molecule has 11 nitrogen and oxygen atoms in total. The first kappa shape index (κ1) is 20.3. The molecule has 0 saturated heterocycles. The first-order valence-corrected chi connectivity index (χ1v) is 9.07. The lowest BCUT2D eigenvalue weighted by atomic mass is 10.1. The number of hydrogen-bond donors (Lipinski definition) is 0. The van der Waals surface area contributed by atoms with Crippen LogP contribution in [-0.4, -0.2) is 32.9 Å². The van der Waals surface area contributed by atoms with Gasteiger partial charge in [0.1, 0.15) is 5.75 Å². The summed E-state index contributed by atoms with van der Waals surface area (Å²) in [5, 5.41) is 26.8. The maximum absolute atomic E-state index is 12.3. The SMILES string of the molecule is O=C1c2ccccc2C(=O)N1N=Cc1ccc(Oc2ccc([N+](=O)[O-])cc2[N+](=O)[O-])cc1. The molecule has 0 saturated carbocycles. The molecule has 3 aromatic carbocycles. The Labute approximate surface area is 179 Å². The van der Waals surface area contributed by atoms with Gasteiger partial charge >= 0.3 is 5.69 Å². The Morgan fingerprint density at radius 2 is 1.47 bits per heavy atom. The van der Waals surface area contributed by atoms with E-state index in [2.05, 4.69) is 5.10 Å². The van der Waals surface area contributed by atoms with E-state index < -0.39 is 33.0 Å². The lowest BCUT2D eigenvalue weighted by Crippen LogP contribution is -2.23. The molecule has 1 aliphatic heterocycles. The minimum absolute atomic E-state index is 0.159. The van der Waals surface area contributed by atoms with Crippen molar-refractivity contribution in [2.24, 2.45) is 5.10 Å². The van der Waals surface area contributed by atoms with Crippen LogP contribution in [0.15, 0.2) is 71.8 Å². The molecule has 1 heterocycles. The highest BCUT2D eigenvalue weighted by molar-refractivity contribution is 6.21. The van der Waals surface area contributed by atoms with E-state index in [1.807, 2.05) is 0 Å². The number of nitro groups is 2. The number of hydrazone groups is 1. The van der Waals surface area contributed by atoms with Crippen LogP contribution < -0.4 is 4.74 Å². The van der Waals surface area contributed by atoms with Gasteiger partial charge in [0, 0.05) is 6.07 Å². The molecule has 4 rings (SSSR count). The maximum atomic E-state index is 12.3. The minimum atomic E-state index is -0.772. The predicted molar refractivity (Wildman–Crippen MR) is 111 cm³/mol. The van der Waals surface area contributed by atoms with E-state index in [9.17, 15) is 29.8 Å². The predicted octanol–water partition coefficient (Wildman–Crippen LogP) is 3.93. The van der Waals surface area contributed by atoms with Crippen LogP contribution in [0.4, 0.5) is 11.4 Å².